The largest absolute Gasteiger partial charge is 0.343 e. The molecule has 1 aliphatic heterocycles. The molecule has 0 unspecified atom stereocenters. The lowest BCUT2D eigenvalue weighted by molar-refractivity contribution is 0.198. The molecule has 7 heteroatoms. The van der Waals surface area contributed by atoms with Gasteiger partial charge in [-0.3, -0.25) is 14.6 Å². The number of rotatable bonds is 4. The average Bonchev–Trinajstić information content (AvgIpc) is 3.19. The molecule has 0 spiro atoms. The third-order valence-corrected chi connectivity index (χ3v) is 4.98. The number of piperidine rings is 1. The first-order valence-electron chi connectivity index (χ1n) is 8.55. The SMILES string of the molecule is CCn1c(C2CCN(Cc3[nH]nc4ccccc34)CC2)n[nH]c1=O. The second kappa shape index (κ2) is 6.24. The Kier molecular flexibility index (Phi) is 3.93. The van der Waals surface area contributed by atoms with Crippen LogP contribution in [0.4, 0.5) is 0 Å². The summed E-state index contributed by atoms with van der Waals surface area (Å²) in [6.07, 6.45) is 2.05. The van der Waals surface area contributed by atoms with E-state index in [0.717, 1.165) is 43.8 Å². The third-order valence-electron chi connectivity index (χ3n) is 4.98. The van der Waals surface area contributed by atoms with Crippen molar-refractivity contribution in [2.75, 3.05) is 13.1 Å². The van der Waals surface area contributed by atoms with Gasteiger partial charge in [0, 0.05) is 24.4 Å². The summed E-state index contributed by atoms with van der Waals surface area (Å²) >= 11 is 0. The zero-order valence-electron chi connectivity index (χ0n) is 13.8. The molecule has 0 radical (unpaired) electrons. The fraction of sp³-hybridized carbons (Fsp3) is 0.471. The van der Waals surface area contributed by atoms with Crippen LogP contribution in [0.3, 0.4) is 0 Å². The Morgan fingerprint density at radius 2 is 1.96 bits per heavy atom. The van der Waals surface area contributed by atoms with E-state index in [1.54, 1.807) is 4.57 Å². The van der Waals surface area contributed by atoms with Gasteiger partial charge < -0.3 is 0 Å². The van der Waals surface area contributed by atoms with E-state index in [-0.39, 0.29) is 5.69 Å². The molecule has 4 rings (SSSR count). The Hall–Kier alpha value is -2.41. The molecule has 1 saturated heterocycles. The molecule has 24 heavy (non-hydrogen) atoms. The molecule has 2 N–H and O–H groups in total. The molecule has 1 aromatic carbocycles. The summed E-state index contributed by atoms with van der Waals surface area (Å²) in [6, 6.07) is 8.21. The fourth-order valence-corrected chi connectivity index (χ4v) is 3.65. The van der Waals surface area contributed by atoms with Crippen LogP contribution < -0.4 is 5.69 Å². The van der Waals surface area contributed by atoms with Gasteiger partial charge in [-0.2, -0.15) is 10.2 Å². The second-order valence-corrected chi connectivity index (χ2v) is 6.40. The molecule has 0 atom stereocenters. The van der Waals surface area contributed by atoms with E-state index >= 15 is 0 Å². The van der Waals surface area contributed by atoms with Gasteiger partial charge in [0.25, 0.3) is 0 Å². The zero-order chi connectivity index (χ0) is 16.5. The number of hydrogen-bond donors (Lipinski definition) is 2. The van der Waals surface area contributed by atoms with E-state index in [0.29, 0.717) is 12.5 Å². The van der Waals surface area contributed by atoms with Gasteiger partial charge in [-0.1, -0.05) is 18.2 Å². The molecule has 0 saturated carbocycles. The van der Waals surface area contributed by atoms with Crippen molar-refractivity contribution in [3.05, 3.63) is 46.3 Å². The van der Waals surface area contributed by atoms with Crippen molar-refractivity contribution in [3.8, 4) is 0 Å². The number of fused-ring (bicyclic) bond motifs is 1. The number of aromatic nitrogens is 5. The van der Waals surface area contributed by atoms with Crippen molar-refractivity contribution in [2.24, 2.45) is 0 Å². The van der Waals surface area contributed by atoms with Crippen LogP contribution in [-0.2, 0) is 13.1 Å². The van der Waals surface area contributed by atoms with Gasteiger partial charge in [0.05, 0.1) is 11.2 Å². The Morgan fingerprint density at radius 1 is 1.17 bits per heavy atom. The molecule has 3 aromatic rings. The Bertz CT molecular complexity index is 884. The van der Waals surface area contributed by atoms with Gasteiger partial charge in [-0.05, 0) is 38.9 Å². The first kappa shape index (κ1) is 15.1. The van der Waals surface area contributed by atoms with E-state index in [4.69, 9.17) is 0 Å². The minimum atomic E-state index is -0.0983. The van der Waals surface area contributed by atoms with Gasteiger partial charge in [0.1, 0.15) is 5.82 Å². The summed E-state index contributed by atoms with van der Waals surface area (Å²) in [4.78, 5) is 14.2. The number of nitrogens with zero attached hydrogens (tertiary/aromatic N) is 4. The maximum atomic E-state index is 11.7. The highest BCUT2D eigenvalue weighted by atomic mass is 16.1. The number of H-pyrrole nitrogens is 2. The molecule has 1 fully saturated rings. The molecule has 7 nitrogen and oxygen atoms in total. The Labute approximate surface area is 139 Å². The van der Waals surface area contributed by atoms with Crippen LogP contribution in [0, 0.1) is 0 Å². The number of nitrogens with one attached hydrogen (secondary N) is 2. The Morgan fingerprint density at radius 3 is 2.75 bits per heavy atom. The van der Waals surface area contributed by atoms with Crippen LogP contribution in [0.25, 0.3) is 10.9 Å². The van der Waals surface area contributed by atoms with Crippen LogP contribution in [0.15, 0.2) is 29.1 Å². The predicted octanol–water partition coefficient (Wildman–Crippen LogP) is 1.85. The Balaban J connectivity index is 1.44. The predicted molar refractivity (Wildman–Crippen MR) is 91.9 cm³/mol. The molecular weight excluding hydrogens is 304 g/mol. The molecule has 0 amide bonds. The van der Waals surface area contributed by atoms with Gasteiger partial charge >= 0.3 is 5.69 Å². The fourth-order valence-electron chi connectivity index (χ4n) is 3.65. The number of benzene rings is 1. The van der Waals surface area contributed by atoms with E-state index in [1.807, 2.05) is 19.1 Å². The summed E-state index contributed by atoms with van der Waals surface area (Å²) in [5.41, 5.74) is 2.10. The average molecular weight is 326 g/mol. The van der Waals surface area contributed by atoms with Gasteiger partial charge in [0.15, 0.2) is 0 Å². The van der Waals surface area contributed by atoms with E-state index in [9.17, 15) is 4.79 Å². The number of hydrogen-bond acceptors (Lipinski definition) is 4. The van der Waals surface area contributed by atoms with Crippen LogP contribution in [0.5, 0.6) is 0 Å². The zero-order valence-corrected chi connectivity index (χ0v) is 13.8. The topological polar surface area (TPSA) is 82.6 Å². The molecule has 1 aliphatic rings. The lowest BCUT2D eigenvalue weighted by Gasteiger charge is -2.31. The van der Waals surface area contributed by atoms with Crippen molar-refractivity contribution in [2.45, 2.75) is 38.8 Å². The molecule has 0 aliphatic carbocycles. The lowest BCUT2D eigenvalue weighted by Crippen LogP contribution is -2.34. The lowest BCUT2D eigenvalue weighted by atomic mass is 9.95. The van der Waals surface area contributed by atoms with Gasteiger partial charge in [-0.15, -0.1) is 0 Å². The van der Waals surface area contributed by atoms with E-state index in [2.05, 4.69) is 37.4 Å². The van der Waals surface area contributed by atoms with Crippen LogP contribution in [-0.4, -0.2) is 43.0 Å². The highest BCUT2D eigenvalue weighted by molar-refractivity contribution is 5.81. The van der Waals surface area contributed by atoms with Crippen molar-refractivity contribution in [1.29, 1.82) is 0 Å². The van der Waals surface area contributed by atoms with Crippen molar-refractivity contribution in [1.82, 2.24) is 29.9 Å². The van der Waals surface area contributed by atoms with Crippen LogP contribution in [0.2, 0.25) is 0 Å². The molecular formula is C17H22N6O. The number of aromatic amines is 2. The first-order chi connectivity index (χ1) is 11.8. The summed E-state index contributed by atoms with van der Waals surface area (Å²) < 4.78 is 1.75. The van der Waals surface area contributed by atoms with E-state index < -0.39 is 0 Å². The molecule has 126 valence electrons. The van der Waals surface area contributed by atoms with Crippen molar-refractivity contribution in [3.63, 3.8) is 0 Å². The van der Waals surface area contributed by atoms with Crippen molar-refractivity contribution >= 4 is 10.9 Å². The summed E-state index contributed by atoms with van der Waals surface area (Å²) in [7, 11) is 0. The molecule has 3 heterocycles. The first-order valence-corrected chi connectivity index (χ1v) is 8.55. The minimum absolute atomic E-state index is 0.0983. The standard InChI is InChI=1S/C17H22N6O/c1-2-23-16(20-21-17(23)24)12-7-9-22(10-8-12)11-15-13-5-3-4-6-14(13)18-19-15/h3-6,12H,2,7-11H2,1H3,(H,18,19)(H,21,24). The number of likely N-dealkylation sites (tertiary alicyclic amines) is 1. The minimum Gasteiger partial charge on any atom is -0.297 e. The molecule has 0 bridgehead atoms. The third kappa shape index (κ3) is 2.65. The monoisotopic (exact) mass is 326 g/mol. The van der Waals surface area contributed by atoms with Crippen LogP contribution in [0.1, 0.15) is 37.2 Å². The summed E-state index contributed by atoms with van der Waals surface area (Å²) in [6.45, 7) is 5.55. The summed E-state index contributed by atoms with van der Waals surface area (Å²) in [5.74, 6) is 1.27. The summed E-state index contributed by atoms with van der Waals surface area (Å²) in [5, 5.41) is 15.6. The normalized spacial score (nSPS) is 16.9. The number of para-hydroxylation sites is 1. The highest BCUT2D eigenvalue weighted by Crippen LogP contribution is 2.27. The van der Waals surface area contributed by atoms with Gasteiger partial charge in [0.2, 0.25) is 0 Å². The quantitative estimate of drug-likeness (QED) is 0.766. The van der Waals surface area contributed by atoms with E-state index in [1.165, 1.54) is 11.1 Å². The second-order valence-electron chi connectivity index (χ2n) is 6.40. The van der Waals surface area contributed by atoms with Crippen molar-refractivity contribution < 1.29 is 0 Å². The smallest absolute Gasteiger partial charge is 0.297 e. The maximum absolute atomic E-state index is 11.7. The highest BCUT2D eigenvalue weighted by Gasteiger charge is 2.25. The maximum Gasteiger partial charge on any atom is 0.343 e. The van der Waals surface area contributed by atoms with Gasteiger partial charge in [-0.25, -0.2) is 9.89 Å². The van der Waals surface area contributed by atoms with Crippen LogP contribution >= 0.6 is 0 Å². The molecule has 2 aromatic heterocycles.